The molecule has 47 heavy (non-hydrogen) atoms. The Morgan fingerprint density at radius 3 is 2.09 bits per heavy atom. The molecular formula is C31H43N3O12S. The molecule has 15 nitrogen and oxygen atoms in total. The van der Waals surface area contributed by atoms with Crippen LogP contribution < -0.4 is 10.6 Å². The van der Waals surface area contributed by atoms with Crippen LogP contribution >= 0.6 is 0 Å². The molecular weight excluding hydrogens is 638 g/mol. The van der Waals surface area contributed by atoms with Gasteiger partial charge < -0.3 is 39.8 Å². The van der Waals surface area contributed by atoms with E-state index >= 15 is 0 Å². The minimum absolute atomic E-state index is 0.121. The van der Waals surface area contributed by atoms with E-state index in [9.17, 15) is 27.6 Å². The number of benzene rings is 1. The first-order valence-electron chi connectivity index (χ1n) is 15.1. The predicted molar refractivity (Wildman–Crippen MR) is 168 cm³/mol. The summed E-state index contributed by atoms with van der Waals surface area (Å²) in [5.41, 5.74) is 1.42. The summed E-state index contributed by atoms with van der Waals surface area (Å²) >= 11 is 0. The van der Waals surface area contributed by atoms with Crippen LogP contribution in [0.2, 0.25) is 0 Å². The van der Waals surface area contributed by atoms with Gasteiger partial charge in [-0.1, -0.05) is 18.6 Å². The van der Waals surface area contributed by atoms with Crippen LogP contribution in [0.3, 0.4) is 0 Å². The molecule has 2 aromatic rings. The van der Waals surface area contributed by atoms with Crippen LogP contribution in [-0.4, -0.2) is 113 Å². The number of carboxylic acid groups (broad SMARTS) is 2. The molecule has 0 aliphatic rings. The third kappa shape index (κ3) is 18.1. The smallest absolute Gasteiger partial charge is 0.329 e. The number of unbranched alkanes of at least 4 members (excludes halogenated alkanes) is 2. The van der Waals surface area contributed by atoms with Crippen molar-refractivity contribution in [3.05, 3.63) is 59.4 Å². The molecule has 0 radical (unpaired) electrons. The van der Waals surface area contributed by atoms with Gasteiger partial charge in [0.1, 0.15) is 13.2 Å². The molecule has 0 atom stereocenters. The lowest BCUT2D eigenvalue weighted by atomic mass is 10.1. The van der Waals surface area contributed by atoms with Crippen molar-refractivity contribution in [1.29, 1.82) is 0 Å². The van der Waals surface area contributed by atoms with Crippen LogP contribution in [-0.2, 0) is 55.3 Å². The largest absolute Gasteiger partial charge is 0.481 e. The van der Waals surface area contributed by atoms with Crippen molar-refractivity contribution in [3.8, 4) is 0 Å². The fourth-order valence-corrected chi connectivity index (χ4v) is 5.36. The molecule has 0 bridgehead atoms. The van der Waals surface area contributed by atoms with Crippen LogP contribution in [0.25, 0.3) is 0 Å². The van der Waals surface area contributed by atoms with Gasteiger partial charge in [-0.3, -0.25) is 19.4 Å². The van der Waals surface area contributed by atoms with Gasteiger partial charge in [0.25, 0.3) is 5.91 Å². The molecule has 4 N–H and O–H groups in total. The van der Waals surface area contributed by atoms with Crippen molar-refractivity contribution < 1.29 is 56.8 Å². The number of amides is 2. The van der Waals surface area contributed by atoms with Gasteiger partial charge in [-0.15, -0.1) is 0 Å². The van der Waals surface area contributed by atoms with E-state index in [-0.39, 0.29) is 94.5 Å². The summed E-state index contributed by atoms with van der Waals surface area (Å²) in [4.78, 5) is 49.4. The molecule has 16 heteroatoms. The van der Waals surface area contributed by atoms with E-state index < -0.39 is 27.7 Å². The average Bonchev–Trinajstić information content (AvgIpc) is 3.03. The van der Waals surface area contributed by atoms with Gasteiger partial charge in [0, 0.05) is 25.7 Å². The molecule has 2 rings (SSSR count). The summed E-state index contributed by atoms with van der Waals surface area (Å²) in [7, 11) is -3.67. The Bertz CT molecular complexity index is 1370. The second-order valence-electron chi connectivity index (χ2n) is 10.2. The summed E-state index contributed by atoms with van der Waals surface area (Å²) < 4.78 is 46.6. The van der Waals surface area contributed by atoms with Crippen molar-refractivity contribution in [1.82, 2.24) is 15.6 Å². The third-order valence-corrected chi connectivity index (χ3v) is 7.99. The molecule has 0 saturated carbocycles. The number of hydrogen-bond acceptors (Lipinski definition) is 11. The summed E-state index contributed by atoms with van der Waals surface area (Å²) in [6.45, 7) is 1.14. The molecule has 1 aromatic heterocycles. The Labute approximate surface area is 273 Å². The predicted octanol–water partition coefficient (Wildman–Crippen LogP) is 1.24. The Kier molecular flexibility index (Phi) is 18.8. The number of carbonyl (C=O) groups excluding carboxylic acids is 2. The van der Waals surface area contributed by atoms with E-state index in [0.29, 0.717) is 18.5 Å². The number of ether oxygens (including phenoxy) is 4. The van der Waals surface area contributed by atoms with Crippen molar-refractivity contribution >= 4 is 33.6 Å². The third-order valence-electron chi connectivity index (χ3n) is 6.34. The second-order valence-corrected chi connectivity index (χ2v) is 12.2. The van der Waals surface area contributed by atoms with E-state index in [1.54, 1.807) is 12.1 Å². The summed E-state index contributed by atoms with van der Waals surface area (Å²) in [5.74, 6) is -2.92. The molecule has 260 valence electrons. The first kappa shape index (κ1) is 39.2. The zero-order valence-electron chi connectivity index (χ0n) is 26.2. The standard InChI is InChI=1S/C31H43N3O12S/c35-28(32-11-13-43-16-18-46-22-30(38)39)21-45-17-15-44-14-12-33-31(40)25-9-10-26(34-20-25)23-47(41,42)27-7-4-6-24(19-27)5-2-1-3-8-29(36)37/h4,6-7,9-10,19-20H,1-3,5,8,11-18,21-23H2,(H,32,35)(H,33,40)(H,36,37)(H,38,39). The number of aryl methyl sites for hydroxylation is 1. The summed E-state index contributed by atoms with van der Waals surface area (Å²) in [6, 6.07) is 9.69. The Balaban J connectivity index is 1.58. The van der Waals surface area contributed by atoms with Gasteiger partial charge in [-0.25, -0.2) is 13.2 Å². The van der Waals surface area contributed by atoms with Crippen LogP contribution in [0.15, 0.2) is 47.5 Å². The number of hydrogen-bond donors (Lipinski definition) is 4. The van der Waals surface area contributed by atoms with Crippen molar-refractivity contribution in [3.63, 3.8) is 0 Å². The van der Waals surface area contributed by atoms with Gasteiger partial charge in [-0.2, -0.15) is 0 Å². The maximum absolute atomic E-state index is 13.0. The number of nitrogens with one attached hydrogen (secondary N) is 2. The number of sulfone groups is 1. The highest BCUT2D eigenvalue weighted by atomic mass is 32.2. The number of pyridine rings is 1. The molecule has 2 amide bonds. The minimum atomic E-state index is -3.67. The monoisotopic (exact) mass is 681 g/mol. The minimum Gasteiger partial charge on any atom is -0.481 e. The van der Waals surface area contributed by atoms with Crippen molar-refractivity contribution in [2.75, 3.05) is 65.9 Å². The molecule has 1 heterocycles. The zero-order chi connectivity index (χ0) is 34.3. The molecule has 0 saturated heterocycles. The summed E-state index contributed by atoms with van der Waals surface area (Å²) in [5, 5.41) is 22.5. The number of carboxylic acids is 2. The Morgan fingerprint density at radius 2 is 1.43 bits per heavy atom. The van der Waals surface area contributed by atoms with E-state index in [1.165, 1.54) is 24.4 Å². The van der Waals surface area contributed by atoms with Gasteiger partial charge >= 0.3 is 11.9 Å². The summed E-state index contributed by atoms with van der Waals surface area (Å²) in [6.07, 6.45) is 4.18. The highest BCUT2D eigenvalue weighted by Crippen LogP contribution is 2.19. The molecule has 1 aromatic carbocycles. The van der Waals surface area contributed by atoms with Crippen molar-refractivity contribution in [2.45, 2.75) is 42.8 Å². The van der Waals surface area contributed by atoms with Gasteiger partial charge in [-0.05, 0) is 49.1 Å². The lowest BCUT2D eigenvalue weighted by molar-refractivity contribution is -0.143. The first-order valence-corrected chi connectivity index (χ1v) is 16.8. The van der Waals surface area contributed by atoms with Crippen LogP contribution in [0, 0.1) is 0 Å². The Morgan fingerprint density at radius 1 is 0.745 bits per heavy atom. The number of carbonyl (C=O) groups is 4. The number of aliphatic carboxylic acids is 2. The van der Waals surface area contributed by atoms with Gasteiger partial charge in [0.15, 0.2) is 9.84 Å². The maximum atomic E-state index is 13.0. The fraction of sp³-hybridized carbons (Fsp3) is 0.516. The highest BCUT2D eigenvalue weighted by Gasteiger charge is 2.17. The average molecular weight is 682 g/mol. The topological polar surface area (TPSA) is 217 Å². The number of aromatic nitrogens is 1. The molecule has 0 aliphatic heterocycles. The van der Waals surface area contributed by atoms with Gasteiger partial charge in [0.05, 0.1) is 61.5 Å². The van der Waals surface area contributed by atoms with Crippen molar-refractivity contribution in [2.24, 2.45) is 0 Å². The highest BCUT2D eigenvalue weighted by molar-refractivity contribution is 7.90. The van der Waals surface area contributed by atoms with E-state index in [2.05, 4.69) is 15.6 Å². The second kappa shape index (κ2) is 22.5. The normalized spacial score (nSPS) is 11.2. The first-order chi connectivity index (χ1) is 22.6. The zero-order valence-corrected chi connectivity index (χ0v) is 27.0. The number of nitrogens with zero attached hydrogens (tertiary/aromatic N) is 1. The van der Waals surface area contributed by atoms with Crippen LogP contribution in [0.4, 0.5) is 0 Å². The molecule has 0 spiro atoms. The van der Waals surface area contributed by atoms with Crippen LogP contribution in [0.5, 0.6) is 0 Å². The van der Waals surface area contributed by atoms with E-state index in [4.69, 9.17) is 29.2 Å². The van der Waals surface area contributed by atoms with E-state index in [0.717, 1.165) is 18.4 Å². The molecule has 0 unspecified atom stereocenters. The molecule has 0 fully saturated rings. The van der Waals surface area contributed by atoms with E-state index in [1.807, 2.05) is 6.07 Å². The quantitative estimate of drug-likeness (QED) is 0.103. The lowest BCUT2D eigenvalue weighted by Crippen LogP contribution is -2.31. The van der Waals surface area contributed by atoms with Crippen LogP contribution in [0.1, 0.15) is 47.3 Å². The number of rotatable bonds is 26. The SMILES string of the molecule is O=C(O)CCCCCc1cccc(S(=O)(=O)Cc2ccc(C(=O)NCCOCCOCC(=O)NCCOCCOCC(=O)O)cn2)c1. The van der Waals surface area contributed by atoms with Gasteiger partial charge in [0.2, 0.25) is 5.91 Å². The molecule has 0 aliphatic carbocycles. The Hall–Kier alpha value is -3.96. The fourth-order valence-electron chi connectivity index (χ4n) is 4.02. The maximum Gasteiger partial charge on any atom is 0.329 e. The lowest BCUT2D eigenvalue weighted by Gasteiger charge is -2.09.